The third kappa shape index (κ3) is 3.70. The highest BCUT2D eigenvalue weighted by Gasteiger charge is 2.13. The van der Waals surface area contributed by atoms with Crippen molar-refractivity contribution in [2.45, 2.75) is 19.9 Å². The maximum Gasteiger partial charge on any atom is 0.142 e. The maximum atomic E-state index is 5.48. The molecule has 0 radical (unpaired) electrons. The van der Waals surface area contributed by atoms with Gasteiger partial charge in [-0.25, -0.2) is 0 Å². The second-order valence-electron chi connectivity index (χ2n) is 4.96. The Hall–Kier alpha value is -1.68. The van der Waals surface area contributed by atoms with Gasteiger partial charge in [-0.2, -0.15) is 0 Å². The average molecular weight is 350 g/mol. The summed E-state index contributed by atoms with van der Waals surface area (Å²) in [6, 6.07) is 12.2. The Balaban J connectivity index is 2.30. The summed E-state index contributed by atoms with van der Waals surface area (Å²) in [5, 5.41) is 3.48. The standard InChI is InChI=1S/C17H20BrNO2/c1-11-5-7-14(17(9-11)21-4)12(2)19-15-10-13(18)6-8-16(15)20-3/h5-10,12,19H,1-4H3. The SMILES string of the molecule is COc1ccc(Br)cc1NC(C)c1ccc(C)cc1OC. The molecule has 4 heteroatoms. The number of aryl methyl sites for hydroxylation is 1. The van der Waals surface area contributed by atoms with E-state index < -0.39 is 0 Å². The minimum Gasteiger partial charge on any atom is -0.496 e. The summed E-state index contributed by atoms with van der Waals surface area (Å²) in [7, 11) is 3.37. The van der Waals surface area contributed by atoms with Crippen LogP contribution in [-0.2, 0) is 0 Å². The number of hydrogen-bond donors (Lipinski definition) is 1. The van der Waals surface area contributed by atoms with Crippen LogP contribution in [0, 0.1) is 6.92 Å². The largest absolute Gasteiger partial charge is 0.496 e. The van der Waals surface area contributed by atoms with Gasteiger partial charge in [0.05, 0.1) is 25.9 Å². The van der Waals surface area contributed by atoms with Gasteiger partial charge in [0.1, 0.15) is 11.5 Å². The summed E-state index contributed by atoms with van der Waals surface area (Å²) < 4.78 is 11.9. The molecule has 0 aliphatic heterocycles. The minimum absolute atomic E-state index is 0.101. The number of methoxy groups -OCH3 is 2. The highest BCUT2D eigenvalue weighted by atomic mass is 79.9. The molecular formula is C17H20BrNO2. The summed E-state index contributed by atoms with van der Waals surface area (Å²) in [4.78, 5) is 0. The van der Waals surface area contributed by atoms with Crippen LogP contribution in [-0.4, -0.2) is 14.2 Å². The van der Waals surface area contributed by atoms with Gasteiger partial charge < -0.3 is 14.8 Å². The molecule has 0 aliphatic rings. The molecule has 112 valence electrons. The van der Waals surface area contributed by atoms with E-state index in [1.54, 1.807) is 14.2 Å². The molecule has 2 aromatic carbocycles. The number of hydrogen-bond acceptors (Lipinski definition) is 3. The number of halogens is 1. The summed E-state index contributed by atoms with van der Waals surface area (Å²) in [5.74, 6) is 1.71. The van der Waals surface area contributed by atoms with Gasteiger partial charge in [0.25, 0.3) is 0 Å². The van der Waals surface area contributed by atoms with Gasteiger partial charge in [-0.15, -0.1) is 0 Å². The lowest BCUT2D eigenvalue weighted by Crippen LogP contribution is -2.09. The molecule has 0 saturated carbocycles. The van der Waals surface area contributed by atoms with Crippen molar-refractivity contribution in [3.05, 3.63) is 52.0 Å². The highest BCUT2D eigenvalue weighted by molar-refractivity contribution is 9.10. The number of anilines is 1. The van der Waals surface area contributed by atoms with Crippen molar-refractivity contribution in [1.29, 1.82) is 0 Å². The zero-order chi connectivity index (χ0) is 15.4. The molecule has 2 aromatic rings. The molecule has 0 fully saturated rings. The predicted molar refractivity (Wildman–Crippen MR) is 90.5 cm³/mol. The van der Waals surface area contributed by atoms with E-state index in [1.165, 1.54) is 5.56 Å². The fourth-order valence-electron chi connectivity index (χ4n) is 2.28. The fraction of sp³-hybridized carbons (Fsp3) is 0.294. The Labute approximate surface area is 134 Å². The van der Waals surface area contributed by atoms with Crippen molar-refractivity contribution in [1.82, 2.24) is 0 Å². The van der Waals surface area contributed by atoms with E-state index >= 15 is 0 Å². The van der Waals surface area contributed by atoms with Crippen molar-refractivity contribution in [2.24, 2.45) is 0 Å². The summed E-state index contributed by atoms with van der Waals surface area (Å²) in [6.45, 7) is 4.16. The predicted octanol–water partition coefficient (Wildman–Crippen LogP) is 4.95. The fourth-order valence-corrected chi connectivity index (χ4v) is 2.64. The molecule has 0 spiro atoms. The van der Waals surface area contributed by atoms with E-state index in [9.17, 15) is 0 Å². The summed E-state index contributed by atoms with van der Waals surface area (Å²) >= 11 is 3.49. The Morgan fingerprint density at radius 2 is 1.71 bits per heavy atom. The molecule has 0 aliphatic carbocycles. The van der Waals surface area contributed by atoms with E-state index in [1.807, 2.05) is 24.3 Å². The highest BCUT2D eigenvalue weighted by Crippen LogP contribution is 2.33. The van der Waals surface area contributed by atoms with Crippen LogP contribution in [0.1, 0.15) is 24.1 Å². The van der Waals surface area contributed by atoms with Crippen LogP contribution < -0.4 is 14.8 Å². The van der Waals surface area contributed by atoms with Crippen LogP contribution in [0.25, 0.3) is 0 Å². The molecule has 0 amide bonds. The van der Waals surface area contributed by atoms with E-state index in [-0.39, 0.29) is 6.04 Å². The van der Waals surface area contributed by atoms with E-state index in [4.69, 9.17) is 9.47 Å². The van der Waals surface area contributed by atoms with Gasteiger partial charge in [0.2, 0.25) is 0 Å². The zero-order valence-corrected chi connectivity index (χ0v) is 14.3. The van der Waals surface area contributed by atoms with Gasteiger partial charge in [0, 0.05) is 10.0 Å². The molecule has 0 saturated heterocycles. The van der Waals surface area contributed by atoms with Gasteiger partial charge in [-0.3, -0.25) is 0 Å². The van der Waals surface area contributed by atoms with Crippen molar-refractivity contribution in [3.63, 3.8) is 0 Å². The Kier molecular flexibility index (Phi) is 5.12. The molecule has 0 heterocycles. The molecule has 0 bridgehead atoms. The monoisotopic (exact) mass is 349 g/mol. The van der Waals surface area contributed by atoms with Crippen molar-refractivity contribution in [3.8, 4) is 11.5 Å². The average Bonchev–Trinajstić information content (AvgIpc) is 2.47. The summed E-state index contributed by atoms with van der Waals surface area (Å²) in [5.41, 5.74) is 3.25. The maximum absolute atomic E-state index is 5.48. The van der Waals surface area contributed by atoms with Crippen molar-refractivity contribution >= 4 is 21.6 Å². The van der Waals surface area contributed by atoms with Gasteiger partial charge in [-0.1, -0.05) is 28.1 Å². The normalized spacial score (nSPS) is 11.9. The number of rotatable bonds is 5. The van der Waals surface area contributed by atoms with Crippen LogP contribution in [0.4, 0.5) is 5.69 Å². The zero-order valence-electron chi connectivity index (χ0n) is 12.7. The van der Waals surface area contributed by atoms with E-state index in [0.717, 1.165) is 27.2 Å². The first-order valence-electron chi connectivity index (χ1n) is 6.79. The molecule has 2 rings (SSSR count). The van der Waals surface area contributed by atoms with Crippen molar-refractivity contribution < 1.29 is 9.47 Å². The van der Waals surface area contributed by atoms with E-state index in [0.29, 0.717) is 0 Å². The molecular weight excluding hydrogens is 330 g/mol. The molecule has 3 nitrogen and oxygen atoms in total. The molecule has 1 N–H and O–H groups in total. The molecule has 0 aromatic heterocycles. The minimum atomic E-state index is 0.101. The number of ether oxygens (including phenoxy) is 2. The summed E-state index contributed by atoms with van der Waals surface area (Å²) in [6.07, 6.45) is 0. The Bertz CT molecular complexity index is 628. The first-order chi connectivity index (χ1) is 10.0. The second kappa shape index (κ2) is 6.85. The van der Waals surface area contributed by atoms with Gasteiger partial charge in [-0.05, 0) is 43.7 Å². The van der Waals surface area contributed by atoms with Gasteiger partial charge in [0.15, 0.2) is 0 Å². The first kappa shape index (κ1) is 15.7. The van der Waals surface area contributed by atoms with E-state index in [2.05, 4.69) is 47.2 Å². The third-order valence-electron chi connectivity index (χ3n) is 3.39. The number of nitrogens with one attached hydrogen (secondary N) is 1. The first-order valence-corrected chi connectivity index (χ1v) is 7.59. The molecule has 21 heavy (non-hydrogen) atoms. The third-order valence-corrected chi connectivity index (χ3v) is 3.88. The lowest BCUT2D eigenvalue weighted by atomic mass is 10.0. The topological polar surface area (TPSA) is 30.5 Å². The molecule has 1 atom stereocenters. The van der Waals surface area contributed by atoms with Crippen LogP contribution in [0.5, 0.6) is 11.5 Å². The molecule has 1 unspecified atom stereocenters. The Morgan fingerprint density at radius 3 is 2.38 bits per heavy atom. The Morgan fingerprint density at radius 1 is 1.00 bits per heavy atom. The van der Waals surface area contributed by atoms with Crippen LogP contribution in [0.15, 0.2) is 40.9 Å². The van der Waals surface area contributed by atoms with Gasteiger partial charge >= 0.3 is 0 Å². The number of benzene rings is 2. The second-order valence-corrected chi connectivity index (χ2v) is 5.87. The van der Waals surface area contributed by atoms with Crippen LogP contribution in [0.2, 0.25) is 0 Å². The van der Waals surface area contributed by atoms with Crippen LogP contribution in [0.3, 0.4) is 0 Å². The van der Waals surface area contributed by atoms with Crippen molar-refractivity contribution in [2.75, 3.05) is 19.5 Å². The lowest BCUT2D eigenvalue weighted by molar-refractivity contribution is 0.406. The smallest absolute Gasteiger partial charge is 0.142 e. The quantitative estimate of drug-likeness (QED) is 0.828. The lowest BCUT2D eigenvalue weighted by Gasteiger charge is -2.20. The van der Waals surface area contributed by atoms with Crippen LogP contribution >= 0.6 is 15.9 Å².